The number of rotatable bonds is 43. The SMILES string of the molecule is CCCCCC/C=C\CCCCCCCC(=O)OC(CCCCCCCCCCCCCCCCC)CCCCCCCC(=O)NC(CCCN)C(=O)O. The summed E-state index contributed by atoms with van der Waals surface area (Å²) in [6, 6.07) is -0.854. The molecule has 7 heteroatoms. The highest BCUT2D eigenvalue weighted by atomic mass is 16.5. The molecule has 54 heavy (non-hydrogen) atoms. The van der Waals surface area contributed by atoms with Gasteiger partial charge in [0.25, 0.3) is 0 Å². The highest BCUT2D eigenvalue weighted by Crippen LogP contribution is 2.19. The smallest absolute Gasteiger partial charge is 0.326 e. The molecule has 4 N–H and O–H groups in total. The van der Waals surface area contributed by atoms with Crippen molar-refractivity contribution >= 4 is 17.8 Å². The largest absolute Gasteiger partial charge is 0.480 e. The standard InChI is InChI=1S/C47H90N2O5/c1-3-5-7-9-11-13-15-17-18-20-21-23-25-28-32-37-43(38-33-29-27-30-34-40-45(50)49-44(47(52)53)39-36-42-48)54-46(51)41-35-31-26-24-22-19-16-14-12-10-8-6-4-2/h14,16,43-44H,3-13,15,17-42,48H2,1-2H3,(H,49,50)(H,52,53)/b16-14-. The first-order valence-corrected chi connectivity index (χ1v) is 23.5. The number of hydrogen-bond acceptors (Lipinski definition) is 5. The van der Waals surface area contributed by atoms with E-state index in [9.17, 15) is 19.5 Å². The Morgan fingerprint density at radius 3 is 1.35 bits per heavy atom. The van der Waals surface area contributed by atoms with Gasteiger partial charge in [0.1, 0.15) is 12.1 Å². The number of ether oxygens (including phenoxy) is 1. The van der Waals surface area contributed by atoms with Gasteiger partial charge in [-0.25, -0.2) is 4.79 Å². The van der Waals surface area contributed by atoms with Gasteiger partial charge in [-0.15, -0.1) is 0 Å². The van der Waals surface area contributed by atoms with Gasteiger partial charge >= 0.3 is 11.9 Å². The second-order valence-corrected chi connectivity index (χ2v) is 16.2. The fourth-order valence-electron chi connectivity index (χ4n) is 7.27. The molecule has 0 radical (unpaired) electrons. The zero-order chi connectivity index (χ0) is 39.6. The second kappa shape index (κ2) is 42.3. The summed E-state index contributed by atoms with van der Waals surface area (Å²) in [7, 11) is 0. The van der Waals surface area contributed by atoms with Crippen LogP contribution in [0, 0.1) is 0 Å². The summed E-state index contributed by atoms with van der Waals surface area (Å²) < 4.78 is 6.06. The minimum Gasteiger partial charge on any atom is -0.480 e. The van der Waals surface area contributed by atoms with Gasteiger partial charge in [0, 0.05) is 12.8 Å². The number of carbonyl (C=O) groups is 3. The van der Waals surface area contributed by atoms with Gasteiger partial charge in [0.2, 0.25) is 5.91 Å². The molecule has 0 aromatic carbocycles. The Morgan fingerprint density at radius 2 is 0.907 bits per heavy atom. The van der Waals surface area contributed by atoms with E-state index in [0.717, 1.165) is 64.2 Å². The fourth-order valence-corrected chi connectivity index (χ4v) is 7.27. The molecule has 0 fully saturated rings. The number of aliphatic carboxylic acids is 1. The van der Waals surface area contributed by atoms with E-state index in [2.05, 4.69) is 31.3 Å². The molecule has 0 saturated heterocycles. The van der Waals surface area contributed by atoms with Crippen LogP contribution in [0.25, 0.3) is 0 Å². The van der Waals surface area contributed by atoms with Crippen molar-refractivity contribution in [1.29, 1.82) is 0 Å². The van der Waals surface area contributed by atoms with Gasteiger partial charge in [-0.3, -0.25) is 9.59 Å². The molecule has 7 nitrogen and oxygen atoms in total. The van der Waals surface area contributed by atoms with Crippen molar-refractivity contribution in [3.8, 4) is 0 Å². The van der Waals surface area contributed by atoms with Gasteiger partial charge in [-0.2, -0.15) is 0 Å². The average Bonchev–Trinajstić information content (AvgIpc) is 3.16. The number of amides is 1. The van der Waals surface area contributed by atoms with Gasteiger partial charge in [0.15, 0.2) is 0 Å². The van der Waals surface area contributed by atoms with Crippen LogP contribution in [0.4, 0.5) is 0 Å². The zero-order valence-corrected chi connectivity index (χ0v) is 35.8. The van der Waals surface area contributed by atoms with E-state index in [1.54, 1.807) is 0 Å². The number of unbranched alkanes of at least 4 members (excludes halogenated alkanes) is 27. The second-order valence-electron chi connectivity index (χ2n) is 16.2. The van der Waals surface area contributed by atoms with Crippen LogP contribution in [0.15, 0.2) is 12.2 Å². The number of hydrogen-bond donors (Lipinski definition) is 3. The number of carboxylic acids is 1. The van der Waals surface area contributed by atoms with Crippen LogP contribution in [-0.2, 0) is 19.1 Å². The lowest BCUT2D eigenvalue weighted by Gasteiger charge is -2.18. The molecule has 0 bridgehead atoms. The summed E-state index contributed by atoms with van der Waals surface area (Å²) in [6.45, 7) is 4.95. The van der Waals surface area contributed by atoms with Crippen molar-refractivity contribution in [3.63, 3.8) is 0 Å². The third-order valence-electron chi connectivity index (χ3n) is 10.8. The molecule has 0 aromatic rings. The molecular formula is C47H90N2O5. The molecule has 1 amide bonds. The maximum Gasteiger partial charge on any atom is 0.326 e. The Morgan fingerprint density at radius 1 is 0.519 bits per heavy atom. The maximum absolute atomic E-state index is 12.8. The number of carbonyl (C=O) groups excluding carboxylic acids is 2. The molecule has 0 heterocycles. The van der Waals surface area contributed by atoms with E-state index < -0.39 is 12.0 Å². The molecule has 0 rings (SSSR count). The summed E-state index contributed by atoms with van der Waals surface area (Å²) in [5, 5.41) is 12.0. The Bertz CT molecular complexity index is 863. The molecule has 0 aliphatic heterocycles. The van der Waals surface area contributed by atoms with Crippen molar-refractivity contribution in [1.82, 2.24) is 5.32 Å². The first kappa shape index (κ1) is 52.1. The third kappa shape index (κ3) is 38.4. The number of nitrogens with two attached hydrogens (primary N) is 1. The van der Waals surface area contributed by atoms with Crippen LogP contribution in [0.1, 0.15) is 251 Å². The minimum atomic E-state index is -1.00. The maximum atomic E-state index is 12.8. The van der Waals surface area contributed by atoms with Gasteiger partial charge in [0.05, 0.1) is 0 Å². The molecular weight excluding hydrogens is 673 g/mol. The Kier molecular flexibility index (Phi) is 40.8. The summed E-state index contributed by atoms with van der Waals surface area (Å²) >= 11 is 0. The van der Waals surface area contributed by atoms with Gasteiger partial charge in [-0.05, 0) is 83.6 Å². The minimum absolute atomic E-state index is 0.0143. The first-order chi connectivity index (χ1) is 26.4. The third-order valence-corrected chi connectivity index (χ3v) is 10.8. The summed E-state index contributed by atoms with van der Waals surface area (Å²) in [5.41, 5.74) is 5.49. The lowest BCUT2D eigenvalue weighted by Crippen LogP contribution is -2.40. The first-order valence-electron chi connectivity index (χ1n) is 23.5. The summed E-state index contributed by atoms with van der Waals surface area (Å²) in [6.07, 6.45) is 46.9. The quantitative estimate of drug-likeness (QED) is 0.0323. The molecule has 318 valence electrons. The zero-order valence-electron chi connectivity index (χ0n) is 35.8. The molecule has 2 atom stereocenters. The number of carboxylic acid groups (broad SMARTS) is 1. The Labute approximate surface area is 334 Å². The van der Waals surface area contributed by atoms with Crippen LogP contribution in [0.5, 0.6) is 0 Å². The topological polar surface area (TPSA) is 119 Å². The van der Waals surface area contributed by atoms with E-state index in [1.165, 1.54) is 148 Å². The number of nitrogens with one attached hydrogen (secondary N) is 1. The molecule has 0 aliphatic rings. The summed E-state index contributed by atoms with van der Waals surface area (Å²) in [4.78, 5) is 36.4. The predicted molar refractivity (Wildman–Crippen MR) is 230 cm³/mol. The van der Waals surface area contributed by atoms with Crippen molar-refractivity contribution in [3.05, 3.63) is 12.2 Å². The Balaban J connectivity index is 4.31. The van der Waals surface area contributed by atoms with Crippen LogP contribution in [-0.4, -0.2) is 41.6 Å². The van der Waals surface area contributed by atoms with Crippen molar-refractivity contribution in [2.24, 2.45) is 5.73 Å². The fraction of sp³-hybridized carbons (Fsp3) is 0.894. The Hall–Kier alpha value is -1.89. The van der Waals surface area contributed by atoms with Crippen molar-refractivity contribution < 1.29 is 24.2 Å². The van der Waals surface area contributed by atoms with E-state index >= 15 is 0 Å². The van der Waals surface area contributed by atoms with E-state index in [4.69, 9.17) is 10.5 Å². The highest BCUT2D eigenvalue weighted by Gasteiger charge is 2.19. The molecule has 2 unspecified atom stereocenters. The van der Waals surface area contributed by atoms with Crippen LogP contribution in [0.2, 0.25) is 0 Å². The average molecular weight is 763 g/mol. The molecule has 0 aliphatic carbocycles. The van der Waals surface area contributed by atoms with Gasteiger partial charge in [-0.1, -0.05) is 174 Å². The number of allylic oxidation sites excluding steroid dienone is 2. The van der Waals surface area contributed by atoms with Crippen LogP contribution >= 0.6 is 0 Å². The van der Waals surface area contributed by atoms with Crippen LogP contribution in [0.3, 0.4) is 0 Å². The molecule has 0 saturated carbocycles. The van der Waals surface area contributed by atoms with Gasteiger partial charge < -0.3 is 20.9 Å². The van der Waals surface area contributed by atoms with Crippen molar-refractivity contribution in [2.75, 3.05) is 6.54 Å². The molecule has 0 spiro atoms. The highest BCUT2D eigenvalue weighted by molar-refractivity contribution is 5.83. The lowest BCUT2D eigenvalue weighted by molar-refractivity contribution is -0.150. The van der Waals surface area contributed by atoms with Crippen molar-refractivity contribution in [2.45, 2.75) is 264 Å². The van der Waals surface area contributed by atoms with Crippen LogP contribution < -0.4 is 11.1 Å². The predicted octanol–water partition coefficient (Wildman–Crippen LogP) is 13.5. The normalized spacial score (nSPS) is 12.6. The monoisotopic (exact) mass is 763 g/mol. The molecule has 0 aromatic heterocycles. The van der Waals surface area contributed by atoms with E-state index in [-0.39, 0.29) is 18.0 Å². The van der Waals surface area contributed by atoms with E-state index in [0.29, 0.717) is 32.2 Å². The number of esters is 1. The van der Waals surface area contributed by atoms with E-state index in [1.807, 2.05) is 0 Å². The summed E-state index contributed by atoms with van der Waals surface area (Å²) in [5.74, 6) is -1.22. The lowest BCUT2D eigenvalue weighted by atomic mass is 10.0.